The van der Waals surface area contributed by atoms with Crippen molar-refractivity contribution >= 4 is 109 Å². The zero-order valence-corrected chi connectivity index (χ0v) is 43.7. The smallest absolute Gasteiger partial charge is 0.303 e. The number of aliphatic carboxylic acids is 1. The molecule has 16 nitrogen and oxygen atoms in total. The first-order valence-electron chi connectivity index (χ1n) is 21.0. The molecule has 0 spiro atoms. The molecule has 0 aliphatic carbocycles. The molecule has 2 unspecified atom stereocenters. The number of rotatable bonds is 26. The number of carboxylic acids is 1. The van der Waals surface area contributed by atoms with Crippen LogP contribution in [0.2, 0.25) is 0 Å². The van der Waals surface area contributed by atoms with Gasteiger partial charge in [-0.15, -0.1) is 0 Å². The fraction of sp³-hybridized carbons (Fsp3) is 0.488. The maximum atomic E-state index is 12.3. The van der Waals surface area contributed by atoms with Crippen molar-refractivity contribution in [2.45, 2.75) is 107 Å². The molecule has 0 fully saturated rings. The van der Waals surface area contributed by atoms with Crippen molar-refractivity contribution in [3.8, 4) is 0 Å². The summed E-state index contributed by atoms with van der Waals surface area (Å²) >= 11 is 4.61. The molecule has 5 N–H and O–H groups in total. The summed E-state index contributed by atoms with van der Waals surface area (Å²) in [6.07, 6.45) is 17.7. The maximum Gasteiger partial charge on any atom is 0.303 e. The molecule has 2 aliphatic heterocycles. The van der Waals surface area contributed by atoms with Gasteiger partial charge in [-0.2, -0.15) is 38.2 Å². The van der Waals surface area contributed by atoms with Gasteiger partial charge in [0.2, 0.25) is 5.69 Å². The molecule has 2 aromatic carbocycles. The van der Waals surface area contributed by atoms with E-state index in [2.05, 4.69) is 69.1 Å². The molecule has 360 valence electrons. The van der Waals surface area contributed by atoms with Crippen molar-refractivity contribution < 1.29 is 66.4 Å². The highest BCUT2D eigenvalue weighted by molar-refractivity contribution is 14.1. The van der Waals surface area contributed by atoms with E-state index in [1.807, 2.05) is 35.8 Å². The number of halogens is 2. The number of unbranched alkanes of at least 4 members (excludes halogenated alkanes) is 5. The third-order valence-electron chi connectivity index (χ3n) is 11.7. The summed E-state index contributed by atoms with van der Waals surface area (Å²) in [7, 11) is -17.2. The minimum absolute atomic E-state index is 0.0850. The molecule has 0 aromatic heterocycles. The standard InChI is InChI=1S/C43H56I2N2O14S4/c1-42(22-11-14-26-62(50,51)52)34-31-33(65(59,60)61)20-21-36(34)46(24-12-15-27-63(53,54)55)38(42)17-7-4-3-5-8-18-39-43(2,23-10-6-9-19-40(48)49)41-35(45)29-32(44)30-37(41)47(39)25-13-16-28-64(56,57)58/h3-5,7-8,17-18,20-21,29-31H,6,9-16,19,22-28H2,1-2H3,(H4-,48,49,50,51,52,53,54,55,56,57,58,59,60,61)/p+1. The van der Waals surface area contributed by atoms with E-state index in [4.69, 9.17) is 0 Å². The number of anilines is 1. The van der Waals surface area contributed by atoms with Gasteiger partial charge < -0.3 is 10.0 Å². The largest absolute Gasteiger partial charge is 0.481 e. The molecular formula is C43H57I2N2O14S4+. The van der Waals surface area contributed by atoms with Gasteiger partial charge in [0, 0.05) is 66.6 Å². The van der Waals surface area contributed by atoms with Gasteiger partial charge in [0.15, 0.2) is 5.71 Å². The van der Waals surface area contributed by atoms with Crippen molar-refractivity contribution in [1.82, 2.24) is 0 Å². The van der Waals surface area contributed by atoms with Gasteiger partial charge in [-0.3, -0.25) is 23.0 Å². The number of allylic oxidation sites excluding steroid dienone is 8. The molecule has 2 heterocycles. The average molecular weight is 1210 g/mol. The molecule has 2 aliphatic rings. The first-order valence-corrected chi connectivity index (χ1v) is 29.4. The summed E-state index contributed by atoms with van der Waals surface area (Å²) in [5.74, 6) is -2.13. The minimum Gasteiger partial charge on any atom is -0.481 e. The van der Waals surface area contributed by atoms with Crippen LogP contribution in [0.5, 0.6) is 0 Å². The van der Waals surface area contributed by atoms with E-state index in [-0.39, 0.29) is 42.9 Å². The van der Waals surface area contributed by atoms with E-state index in [0.717, 1.165) is 43.4 Å². The molecule has 65 heavy (non-hydrogen) atoms. The first kappa shape index (κ1) is 55.0. The zero-order valence-electron chi connectivity index (χ0n) is 36.1. The Balaban J connectivity index is 1.72. The van der Waals surface area contributed by atoms with Crippen LogP contribution in [0.15, 0.2) is 83.5 Å². The van der Waals surface area contributed by atoms with Crippen LogP contribution in [0, 0.1) is 7.14 Å². The lowest BCUT2D eigenvalue weighted by atomic mass is 9.75. The van der Waals surface area contributed by atoms with E-state index in [1.165, 1.54) is 12.1 Å². The van der Waals surface area contributed by atoms with E-state index < -0.39 is 68.8 Å². The van der Waals surface area contributed by atoms with Crippen LogP contribution < -0.4 is 4.90 Å². The highest BCUT2D eigenvalue weighted by Crippen LogP contribution is 2.53. The van der Waals surface area contributed by atoms with Gasteiger partial charge in [0.05, 0.1) is 27.6 Å². The van der Waals surface area contributed by atoms with Crippen LogP contribution in [-0.2, 0) is 56.1 Å². The fourth-order valence-electron chi connectivity index (χ4n) is 8.63. The van der Waals surface area contributed by atoms with E-state index in [0.29, 0.717) is 55.6 Å². The quantitative estimate of drug-likeness (QED) is 0.0195. The van der Waals surface area contributed by atoms with Gasteiger partial charge >= 0.3 is 5.97 Å². The van der Waals surface area contributed by atoms with Crippen molar-refractivity contribution in [2.75, 3.05) is 35.2 Å². The minimum atomic E-state index is -4.61. The second-order valence-corrected chi connectivity index (χ2v) is 25.2. The van der Waals surface area contributed by atoms with Crippen LogP contribution in [0.1, 0.15) is 102 Å². The fourth-order valence-corrected chi connectivity index (χ4v) is 13.3. The van der Waals surface area contributed by atoms with Crippen molar-refractivity contribution in [2.24, 2.45) is 0 Å². The van der Waals surface area contributed by atoms with Crippen molar-refractivity contribution in [1.29, 1.82) is 0 Å². The third-order valence-corrected chi connectivity index (χ3v) is 16.4. The molecule has 4 rings (SSSR count). The molecule has 0 saturated heterocycles. The number of hydrogen-bond donors (Lipinski definition) is 5. The molecule has 0 amide bonds. The van der Waals surface area contributed by atoms with Gasteiger partial charge in [-0.05, 0) is 134 Å². The topological polar surface area (TPSA) is 261 Å². The maximum absolute atomic E-state index is 12.3. The molecule has 0 saturated carbocycles. The second-order valence-electron chi connectivity index (χ2n) is 16.7. The van der Waals surface area contributed by atoms with Crippen LogP contribution in [-0.4, -0.2) is 104 Å². The lowest BCUT2D eigenvalue weighted by Crippen LogP contribution is -2.31. The predicted octanol–water partition coefficient (Wildman–Crippen LogP) is 8.26. The Labute approximate surface area is 410 Å². The molecule has 0 radical (unpaired) electrons. The summed E-state index contributed by atoms with van der Waals surface area (Å²) in [6.45, 7) is 4.79. The predicted molar refractivity (Wildman–Crippen MR) is 268 cm³/mol. The average Bonchev–Trinajstić information content (AvgIpc) is 3.54. The van der Waals surface area contributed by atoms with Crippen LogP contribution in [0.25, 0.3) is 0 Å². The monoisotopic (exact) mass is 1210 g/mol. The highest BCUT2D eigenvalue weighted by Gasteiger charge is 2.48. The summed E-state index contributed by atoms with van der Waals surface area (Å²) < 4.78 is 136. The van der Waals surface area contributed by atoms with Gasteiger partial charge in [0.1, 0.15) is 6.54 Å². The molecular weight excluding hydrogens is 1150 g/mol. The Morgan fingerprint density at radius 1 is 0.692 bits per heavy atom. The number of nitrogens with zero attached hydrogens (tertiary/aromatic N) is 2. The summed E-state index contributed by atoms with van der Waals surface area (Å²) in [6, 6.07) is 8.39. The van der Waals surface area contributed by atoms with Gasteiger partial charge in [-0.25, -0.2) is 0 Å². The number of benzene rings is 2. The molecule has 2 aromatic rings. The Morgan fingerprint density at radius 2 is 1.26 bits per heavy atom. The van der Waals surface area contributed by atoms with Crippen LogP contribution in [0.3, 0.4) is 0 Å². The van der Waals surface area contributed by atoms with E-state index >= 15 is 0 Å². The summed E-state index contributed by atoms with van der Waals surface area (Å²) in [5, 5.41) is 9.19. The van der Waals surface area contributed by atoms with E-state index in [1.54, 1.807) is 24.3 Å². The second kappa shape index (κ2) is 23.2. The van der Waals surface area contributed by atoms with E-state index in [9.17, 15) is 61.8 Å². The third kappa shape index (κ3) is 16.0. The summed E-state index contributed by atoms with van der Waals surface area (Å²) in [5.41, 5.74) is 3.54. The SMILES string of the molecule is CC1(CCCCS(=O)(=O)O)C(/C=C/C=C/C=C/C=C2\N(CCCCS(=O)(=O)O)c3cc(I)cc(I)c3C2(C)CCCCCC(=O)O)=[N+](CCCCS(=O)(=O)O)c2ccc(S(=O)(=O)O)cc21. The van der Waals surface area contributed by atoms with Crippen molar-refractivity contribution in [3.63, 3.8) is 0 Å². The number of carbonyl (C=O) groups is 1. The van der Waals surface area contributed by atoms with Crippen LogP contribution >= 0.6 is 45.2 Å². The number of fused-ring (bicyclic) bond motifs is 2. The normalized spacial score (nSPS) is 20.0. The van der Waals surface area contributed by atoms with Crippen LogP contribution in [0.4, 0.5) is 11.4 Å². The summed E-state index contributed by atoms with van der Waals surface area (Å²) in [4.78, 5) is 13.1. The van der Waals surface area contributed by atoms with Gasteiger partial charge in [-0.1, -0.05) is 49.6 Å². The van der Waals surface area contributed by atoms with Gasteiger partial charge in [0.25, 0.3) is 40.5 Å². The Morgan fingerprint density at radius 3 is 1.88 bits per heavy atom. The zero-order chi connectivity index (χ0) is 48.4. The first-order chi connectivity index (χ1) is 30.2. The number of carboxylic acid groups (broad SMARTS) is 1. The Hall–Kier alpha value is -2.56. The molecule has 0 bridgehead atoms. The lowest BCUT2D eigenvalue weighted by molar-refractivity contribution is -0.438. The Kier molecular flexibility index (Phi) is 19.6. The highest BCUT2D eigenvalue weighted by atomic mass is 127. The van der Waals surface area contributed by atoms with Crippen molar-refractivity contribution in [3.05, 3.63) is 96.8 Å². The number of hydrogen-bond acceptors (Lipinski definition) is 10. The lowest BCUT2D eigenvalue weighted by Gasteiger charge is -2.31. The molecule has 2 atom stereocenters. The Bertz CT molecular complexity index is 2700. The molecule has 22 heteroatoms.